The summed E-state index contributed by atoms with van der Waals surface area (Å²) in [5.74, 6) is 0. The third-order valence-electron chi connectivity index (χ3n) is 2.00. The molecule has 46 valence electrons. The third kappa shape index (κ3) is 1.76. The van der Waals surface area contributed by atoms with E-state index in [1.54, 1.807) is 0 Å². The monoisotopic (exact) mass is 172 g/mol. The molecule has 0 atom stereocenters. The van der Waals surface area contributed by atoms with Crippen LogP contribution in [0.3, 0.4) is 0 Å². The van der Waals surface area contributed by atoms with Crippen molar-refractivity contribution in [2.75, 3.05) is 0 Å². The van der Waals surface area contributed by atoms with E-state index in [0.29, 0.717) is 0 Å². The molecule has 0 aromatic carbocycles. The van der Waals surface area contributed by atoms with Gasteiger partial charge in [-0.1, -0.05) is 0 Å². The first kappa shape index (κ1) is 8.58. The van der Waals surface area contributed by atoms with Gasteiger partial charge in [-0.25, -0.2) is 0 Å². The van der Waals surface area contributed by atoms with Crippen molar-refractivity contribution < 1.29 is 14.8 Å². The fourth-order valence-electron chi connectivity index (χ4n) is 0.707. The average Bonchev–Trinajstić information content (AvgIpc) is 1.95. The van der Waals surface area contributed by atoms with Crippen LogP contribution in [0.5, 0.6) is 0 Å². The van der Waals surface area contributed by atoms with Gasteiger partial charge in [-0.2, -0.15) is 0 Å². The van der Waals surface area contributed by atoms with E-state index in [4.69, 9.17) is 0 Å². The normalized spacial score (nSPS) is 8.00. The van der Waals surface area contributed by atoms with Gasteiger partial charge in [-0.3, -0.25) is 0 Å². The average molecular weight is 174 g/mol. The van der Waals surface area contributed by atoms with Crippen LogP contribution in [0.25, 0.3) is 0 Å². The molecule has 0 nitrogen and oxygen atoms in total. The van der Waals surface area contributed by atoms with E-state index in [1.807, 2.05) is 18.7 Å². The molecule has 0 spiro atoms. The van der Waals surface area contributed by atoms with E-state index < -0.39 is 14.8 Å². The van der Waals surface area contributed by atoms with Gasteiger partial charge in [0.05, 0.1) is 0 Å². The predicted molar refractivity (Wildman–Crippen MR) is 40.8 cm³/mol. The molecule has 0 aromatic rings. The molecule has 0 N–H and O–H groups in total. The van der Waals surface area contributed by atoms with Gasteiger partial charge in [0.25, 0.3) is 0 Å². The maximum absolute atomic E-state index is 3.73. The Morgan fingerprint density at radius 1 is 0.667 bits per heavy atom. The molecule has 0 aromatic heterocycles. The van der Waals surface area contributed by atoms with Crippen LogP contribution in [-0.2, 0) is 14.8 Å². The zero-order valence-corrected chi connectivity index (χ0v) is 8.81. The Balaban J connectivity index is 4.53. The Bertz CT molecular complexity index is 107. The molecular formula is C8H12Zn. The van der Waals surface area contributed by atoms with Crippen LogP contribution in [0.4, 0.5) is 0 Å². The van der Waals surface area contributed by atoms with Gasteiger partial charge < -0.3 is 0 Å². The fourth-order valence-corrected chi connectivity index (χ4v) is 3.67. The topological polar surface area (TPSA) is 0 Å². The standard InChI is InChI=1S/4C2H3.Zn/c4*1-2;/h4*1H,2H2;. The molecule has 0 unspecified atom stereocenters. The summed E-state index contributed by atoms with van der Waals surface area (Å²) < 4.78 is 7.88. The second-order valence-corrected chi connectivity index (χ2v) is 13.3. The summed E-state index contributed by atoms with van der Waals surface area (Å²) >= 11 is -2.42. The molecule has 0 saturated heterocycles. The van der Waals surface area contributed by atoms with Crippen LogP contribution in [0.2, 0.25) is 0 Å². The molecule has 0 heterocycles. The van der Waals surface area contributed by atoms with Crippen LogP contribution in [0.15, 0.2) is 45.0 Å². The van der Waals surface area contributed by atoms with E-state index in [1.165, 1.54) is 0 Å². The van der Waals surface area contributed by atoms with E-state index in [0.717, 1.165) is 0 Å². The molecule has 0 rings (SSSR count). The van der Waals surface area contributed by atoms with Crippen molar-refractivity contribution in [3.63, 3.8) is 0 Å². The molecule has 0 aliphatic rings. The maximum atomic E-state index is 3.73. The van der Waals surface area contributed by atoms with Crippen molar-refractivity contribution >= 4 is 0 Å². The summed E-state index contributed by atoms with van der Waals surface area (Å²) in [6, 6.07) is 0. The van der Waals surface area contributed by atoms with Crippen molar-refractivity contribution in [1.29, 1.82) is 0 Å². The first-order valence-corrected chi connectivity index (χ1v) is 10.1. The molecule has 1 heteroatoms. The molecular weight excluding hydrogens is 161 g/mol. The van der Waals surface area contributed by atoms with E-state index in [2.05, 4.69) is 26.3 Å². The number of hydrogen-bond acceptors (Lipinski definition) is 0. The van der Waals surface area contributed by atoms with Crippen molar-refractivity contribution in [2.45, 2.75) is 0 Å². The summed E-state index contributed by atoms with van der Waals surface area (Å²) in [6.07, 6.45) is 0. The fraction of sp³-hybridized carbons (Fsp3) is 0. The third-order valence-corrected chi connectivity index (χ3v) is 10.4. The Hall–Kier alpha value is -0.417. The van der Waals surface area contributed by atoms with Gasteiger partial charge in [-0.15, -0.1) is 0 Å². The predicted octanol–water partition coefficient (Wildman–Crippen LogP) is 2.71. The molecule has 0 amide bonds. The molecule has 0 bridgehead atoms. The van der Waals surface area contributed by atoms with Crippen LogP contribution >= 0.6 is 0 Å². The van der Waals surface area contributed by atoms with Gasteiger partial charge >= 0.3 is 59.8 Å². The Morgan fingerprint density at radius 2 is 0.889 bits per heavy atom. The molecule has 0 aliphatic carbocycles. The molecule has 9 heavy (non-hydrogen) atoms. The Morgan fingerprint density at radius 3 is 0.889 bits per heavy atom. The van der Waals surface area contributed by atoms with Crippen molar-refractivity contribution in [3.05, 3.63) is 45.0 Å². The molecule has 0 saturated carbocycles. The summed E-state index contributed by atoms with van der Waals surface area (Å²) in [5.41, 5.74) is 0. The quantitative estimate of drug-likeness (QED) is 0.574. The summed E-state index contributed by atoms with van der Waals surface area (Å²) in [4.78, 5) is 0. The first-order chi connectivity index (χ1) is 4.24. The molecule has 0 fully saturated rings. The SMILES string of the molecule is C=[CH][Zn]([CH]=C)([CH]=C)[CH]=C. The van der Waals surface area contributed by atoms with E-state index >= 15 is 0 Å². The summed E-state index contributed by atoms with van der Waals surface area (Å²) in [6.45, 7) is 14.9. The summed E-state index contributed by atoms with van der Waals surface area (Å²) in [7, 11) is 0. The second kappa shape index (κ2) is 3.58. The van der Waals surface area contributed by atoms with Crippen LogP contribution in [0, 0.1) is 0 Å². The van der Waals surface area contributed by atoms with Gasteiger partial charge in [0.15, 0.2) is 0 Å². The number of rotatable bonds is 4. The Labute approximate surface area is 60.1 Å². The van der Waals surface area contributed by atoms with Gasteiger partial charge in [0.2, 0.25) is 0 Å². The van der Waals surface area contributed by atoms with Gasteiger partial charge in [-0.05, 0) is 0 Å². The first-order valence-electron chi connectivity index (χ1n) is 3.27. The Kier molecular flexibility index (Phi) is 3.41. The zero-order chi connectivity index (χ0) is 7.33. The van der Waals surface area contributed by atoms with Crippen LogP contribution in [0.1, 0.15) is 0 Å². The van der Waals surface area contributed by atoms with E-state index in [9.17, 15) is 0 Å². The van der Waals surface area contributed by atoms with Crippen molar-refractivity contribution in [1.82, 2.24) is 0 Å². The van der Waals surface area contributed by atoms with Crippen LogP contribution < -0.4 is 0 Å². The van der Waals surface area contributed by atoms with E-state index in [-0.39, 0.29) is 0 Å². The molecule has 0 aliphatic heterocycles. The minimum absolute atomic E-state index is 1.97. The molecule has 0 radical (unpaired) electrons. The second-order valence-electron chi connectivity index (χ2n) is 2.57. The minimum atomic E-state index is -2.42. The van der Waals surface area contributed by atoms with Gasteiger partial charge in [0.1, 0.15) is 0 Å². The van der Waals surface area contributed by atoms with Crippen molar-refractivity contribution in [2.24, 2.45) is 0 Å². The summed E-state index contributed by atoms with van der Waals surface area (Å²) in [5, 5.41) is 0. The van der Waals surface area contributed by atoms with Crippen molar-refractivity contribution in [3.8, 4) is 0 Å². The van der Waals surface area contributed by atoms with Gasteiger partial charge in [0, 0.05) is 0 Å². The number of hydrogen-bond donors (Lipinski definition) is 0. The van der Waals surface area contributed by atoms with Crippen LogP contribution in [-0.4, -0.2) is 0 Å². The zero-order valence-electron chi connectivity index (χ0n) is 5.84.